The zero-order valence-electron chi connectivity index (χ0n) is 7.92. The van der Waals surface area contributed by atoms with Gasteiger partial charge in [0.05, 0.1) is 4.92 Å². The Hall–Kier alpha value is -1.64. The fraction of sp³-hybridized carbons (Fsp3) is 0.125. The molecule has 0 aliphatic rings. The Morgan fingerprint density at radius 1 is 1.41 bits per heavy atom. The molecule has 0 bridgehead atoms. The Morgan fingerprint density at radius 2 is 1.94 bits per heavy atom. The molecule has 1 aromatic rings. The summed E-state index contributed by atoms with van der Waals surface area (Å²) in [6.07, 6.45) is -4.91. The molecule has 0 aliphatic carbocycles. The van der Waals surface area contributed by atoms with Gasteiger partial charge in [0.15, 0.2) is 0 Å². The Kier molecular flexibility index (Phi) is 3.41. The first kappa shape index (κ1) is 13.4. The van der Waals surface area contributed by atoms with Crippen molar-refractivity contribution >= 4 is 27.5 Å². The molecule has 2 N–H and O–H groups in total. The molecule has 0 fully saturated rings. The van der Waals surface area contributed by atoms with E-state index in [1.165, 1.54) is 0 Å². The van der Waals surface area contributed by atoms with Crippen LogP contribution < -0.4 is 5.73 Å². The molecule has 0 unspecified atom stereocenters. The highest BCUT2D eigenvalue weighted by Crippen LogP contribution is 2.41. The lowest BCUT2D eigenvalue weighted by Crippen LogP contribution is -2.15. The molecule has 0 radical (unpaired) electrons. The molecule has 0 spiro atoms. The molecule has 17 heavy (non-hydrogen) atoms. The van der Waals surface area contributed by atoms with E-state index in [2.05, 4.69) is 15.9 Å². The molecule has 1 rings (SSSR count). The van der Waals surface area contributed by atoms with Gasteiger partial charge in [-0.05, 0) is 22.0 Å². The number of benzene rings is 1. The number of hydrogen-bond donors (Lipinski definition) is 1. The normalized spacial score (nSPS) is 11.3. The van der Waals surface area contributed by atoms with Crippen LogP contribution >= 0.6 is 15.9 Å². The summed E-state index contributed by atoms with van der Waals surface area (Å²) in [4.78, 5) is 20.1. The van der Waals surface area contributed by atoms with Gasteiger partial charge in [-0.1, -0.05) is 0 Å². The molecular weight excluding hydrogens is 309 g/mol. The van der Waals surface area contributed by atoms with Crippen LogP contribution in [0.4, 0.5) is 18.9 Å². The average molecular weight is 313 g/mol. The number of hydrogen-bond acceptors (Lipinski definition) is 3. The van der Waals surface area contributed by atoms with Crippen molar-refractivity contribution in [2.24, 2.45) is 5.73 Å². The van der Waals surface area contributed by atoms with Crippen LogP contribution in [0.3, 0.4) is 0 Å². The third kappa shape index (κ3) is 2.73. The lowest BCUT2D eigenvalue weighted by atomic mass is 10.1. The van der Waals surface area contributed by atoms with Crippen LogP contribution in [-0.2, 0) is 6.18 Å². The van der Waals surface area contributed by atoms with Crippen molar-refractivity contribution in [1.82, 2.24) is 0 Å². The SMILES string of the molecule is NC(=O)c1cc(Br)c(C(F)(F)F)c([N+](=O)[O-])c1. The molecule has 0 saturated heterocycles. The number of amides is 1. The minimum Gasteiger partial charge on any atom is -0.366 e. The van der Waals surface area contributed by atoms with Crippen LogP contribution in [0.15, 0.2) is 16.6 Å². The maximum Gasteiger partial charge on any atom is 0.424 e. The second-order valence-electron chi connectivity index (χ2n) is 2.97. The Balaban J connectivity index is 3.61. The first-order chi connectivity index (χ1) is 7.64. The fourth-order valence-electron chi connectivity index (χ4n) is 1.16. The zero-order chi connectivity index (χ0) is 13.4. The van der Waals surface area contributed by atoms with Crippen LogP contribution in [0.5, 0.6) is 0 Å². The molecule has 0 aliphatic heterocycles. The number of carbonyl (C=O) groups is 1. The van der Waals surface area contributed by atoms with Crippen LogP contribution in [0, 0.1) is 10.1 Å². The van der Waals surface area contributed by atoms with Gasteiger partial charge < -0.3 is 5.73 Å². The Bertz CT molecular complexity index is 502. The molecule has 0 heterocycles. The van der Waals surface area contributed by atoms with E-state index >= 15 is 0 Å². The average Bonchev–Trinajstić information content (AvgIpc) is 2.13. The molecule has 5 nitrogen and oxygen atoms in total. The number of nitro benzene ring substituents is 1. The topological polar surface area (TPSA) is 86.2 Å². The van der Waals surface area contributed by atoms with Gasteiger partial charge >= 0.3 is 6.18 Å². The van der Waals surface area contributed by atoms with Gasteiger partial charge in [-0.2, -0.15) is 13.2 Å². The van der Waals surface area contributed by atoms with Crippen molar-refractivity contribution in [3.63, 3.8) is 0 Å². The highest BCUT2D eigenvalue weighted by molar-refractivity contribution is 9.10. The van der Waals surface area contributed by atoms with Crippen LogP contribution in [0.2, 0.25) is 0 Å². The van der Waals surface area contributed by atoms with Crippen LogP contribution in [0.1, 0.15) is 15.9 Å². The lowest BCUT2D eigenvalue weighted by molar-refractivity contribution is -0.388. The predicted molar refractivity (Wildman–Crippen MR) is 54.3 cm³/mol. The van der Waals surface area contributed by atoms with Crippen LogP contribution in [0.25, 0.3) is 0 Å². The van der Waals surface area contributed by atoms with E-state index < -0.39 is 32.7 Å². The summed E-state index contributed by atoms with van der Waals surface area (Å²) in [6, 6.07) is 1.29. The molecule has 9 heteroatoms. The number of halogens is 4. The minimum absolute atomic E-state index is 0.378. The first-order valence-electron chi connectivity index (χ1n) is 3.99. The lowest BCUT2D eigenvalue weighted by Gasteiger charge is -2.10. The van der Waals surface area contributed by atoms with E-state index in [0.717, 1.165) is 6.07 Å². The fourth-order valence-corrected chi connectivity index (χ4v) is 1.83. The number of carbonyl (C=O) groups excluding carboxylic acids is 1. The van der Waals surface area contributed by atoms with Crippen LogP contribution in [-0.4, -0.2) is 10.8 Å². The van der Waals surface area contributed by atoms with Crippen molar-refractivity contribution < 1.29 is 22.9 Å². The van der Waals surface area contributed by atoms with Crippen molar-refractivity contribution in [2.45, 2.75) is 6.18 Å². The van der Waals surface area contributed by atoms with E-state index in [0.29, 0.717) is 6.07 Å². The standard InChI is InChI=1S/C8H4BrF3N2O3/c9-4-1-3(7(13)15)2-5(14(16)17)6(4)8(10,11)12/h1-2H,(H2,13,15). The summed E-state index contributed by atoms with van der Waals surface area (Å²) in [5.74, 6) is -1.05. The number of nitro groups is 1. The summed E-state index contributed by atoms with van der Waals surface area (Å²) < 4.78 is 37.1. The van der Waals surface area contributed by atoms with E-state index in [-0.39, 0.29) is 5.56 Å². The van der Waals surface area contributed by atoms with Crippen molar-refractivity contribution in [2.75, 3.05) is 0 Å². The highest BCUT2D eigenvalue weighted by atomic mass is 79.9. The summed E-state index contributed by atoms with van der Waals surface area (Å²) in [7, 11) is 0. The third-order valence-corrected chi connectivity index (χ3v) is 2.46. The largest absolute Gasteiger partial charge is 0.424 e. The summed E-state index contributed by atoms with van der Waals surface area (Å²) in [5, 5.41) is 10.5. The molecule has 1 amide bonds. The summed E-state index contributed by atoms with van der Waals surface area (Å²) >= 11 is 2.54. The Morgan fingerprint density at radius 3 is 2.29 bits per heavy atom. The van der Waals surface area contributed by atoms with Gasteiger partial charge in [0.1, 0.15) is 5.56 Å². The number of rotatable bonds is 2. The third-order valence-electron chi connectivity index (χ3n) is 1.83. The zero-order valence-corrected chi connectivity index (χ0v) is 9.50. The number of nitrogens with two attached hydrogens (primary N) is 1. The summed E-state index contributed by atoms with van der Waals surface area (Å²) in [6.45, 7) is 0. The van der Waals surface area contributed by atoms with E-state index in [1.54, 1.807) is 0 Å². The number of nitrogens with zero attached hydrogens (tertiary/aromatic N) is 1. The van der Waals surface area contributed by atoms with Gasteiger partial charge in [-0.15, -0.1) is 0 Å². The smallest absolute Gasteiger partial charge is 0.366 e. The Labute approximate surface area is 101 Å². The maximum atomic E-state index is 12.6. The number of alkyl halides is 3. The second kappa shape index (κ2) is 4.32. The van der Waals surface area contributed by atoms with Gasteiger partial charge in [-0.3, -0.25) is 14.9 Å². The highest BCUT2D eigenvalue weighted by Gasteiger charge is 2.41. The summed E-state index contributed by atoms with van der Waals surface area (Å²) in [5.41, 5.74) is 1.80. The van der Waals surface area contributed by atoms with Gasteiger partial charge in [-0.25, -0.2) is 0 Å². The van der Waals surface area contributed by atoms with Crippen molar-refractivity contribution in [3.05, 3.63) is 37.8 Å². The van der Waals surface area contributed by atoms with E-state index in [4.69, 9.17) is 5.73 Å². The van der Waals surface area contributed by atoms with E-state index in [9.17, 15) is 28.1 Å². The minimum atomic E-state index is -4.91. The molecule has 92 valence electrons. The number of primary amides is 1. The van der Waals surface area contributed by atoms with Gasteiger partial charge in [0, 0.05) is 16.1 Å². The van der Waals surface area contributed by atoms with E-state index in [1.807, 2.05) is 0 Å². The van der Waals surface area contributed by atoms with Crippen molar-refractivity contribution in [3.8, 4) is 0 Å². The van der Waals surface area contributed by atoms with Gasteiger partial charge in [0.25, 0.3) is 5.69 Å². The second-order valence-corrected chi connectivity index (χ2v) is 3.83. The molecule has 1 aromatic carbocycles. The molecule has 0 aromatic heterocycles. The quantitative estimate of drug-likeness (QED) is 0.672. The molecule has 0 atom stereocenters. The first-order valence-corrected chi connectivity index (χ1v) is 4.79. The van der Waals surface area contributed by atoms with Gasteiger partial charge in [0.2, 0.25) is 5.91 Å². The predicted octanol–water partition coefficient (Wildman–Crippen LogP) is 2.48. The maximum absolute atomic E-state index is 12.6. The van der Waals surface area contributed by atoms with Crippen molar-refractivity contribution in [1.29, 1.82) is 0 Å². The molecule has 0 saturated carbocycles. The molecular formula is C8H4BrF3N2O3. The monoisotopic (exact) mass is 312 g/mol.